The van der Waals surface area contributed by atoms with Crippen molar-refractivity contribution >= 4 is 40.6 Å². The molecule has 7 nitrogen and oxygen atoms in total. The number of ketones is 1. The summed E-state index contributed by atoms with van der Waals surface area (Å²) in [6.45, 7) is 1.55. The van der Waals surface area contributed by atoms with Gasteiger partial charge in [-0.25, -0.2) is 0 Å². The molecule has 3 rings (SSSR count). The molecule has 4 N–H and O–H groups in total. The Labute approximate surface area is 190 Å². The summed E-state index contributed by atoms with van der Waals surface area (Å²) < 4.78 is 5.76. The second-order valence-corrected chi connectivity index (χ2v) is 7.40. The van der Waals surface area contributed by atoms with Gasteiger partial charge in [-0.05, 0) is 60.7 Å². The van der Waals surface area contributed by atoms with Crippen LogP contribution in [-0.2, 0) is 4.79 Å². The van der Waals surface area contributed by atoms with Gasteiger partial charge in [0.2, 0.25) is 5.91 Å². The molecule has 0 bridgehead atoms. The fourth-order valence-electron chi connectivity index (χ4n) is 2.94. The van der Waals surface area contributed by atoms with Crippen LogP contribution < -0.4 is 21.1 Å². The van der Waals surface area contributed by atoms with Crippen molar-refractivity contribution in [3.8, 4) is 11.5 Å². The van der Waals surface area contributed by atoms with E-state index >= 15 is 0 Å². The quantitative estimate of drug-likeness (QED) is 0.340. The summed E-state index contributed by atoms with van der Waals surface area (Å²) >= 11 is 5.88. The van der Waals surface area contributed by atoms with Crippen molar-refractivity contribution in [2.45, 2.75) is 13.3 Å². The minimum Gasteiger partial charge on any atom is -0.455 e. The molecule has 0 fully saturated rings. The maximum Gasteiger partial charge on any atom is 0.251 e. The van der Waals surface area contributed by atoms with Crippen LogP contribution in [-0.4, -0.2) is 24.1 Å². The standard InChI is InChI=1S/C24H22ClN3O4/c1-15(29)28-18-9-5-16(6-10-18)24(31)27-14-13-21(30)20-3-2-4-22(23(20)26)32-19-11-7-17(25)8-12-19/h2-12H,13-14,26H2,1H3,(H,27,31)(H,28,29). The number of nitrogens with one attached hydrogen (secondary N) is 2. The lowest BCUT2D eigenvalue weighted by molar-refractivity contribution is -0.114. The van der Waals surface area contributed by atoms with Crippen molar-refractivity contribution in [1.29, 1.82) is 0 Å². The van der Waals surface area contributed by atoms with E-state index in [1.165, 1.54) is 6.92 Å². The molecule has 8 heteroatoms. The van der Waals surface area contributed by atoms with Crippen molar-refractivity contribution in [2.24, 2.45) is 0 Å². The number of Topliss-reactive ketones (excluding diaryl/α,β-unsaturated/α-hetero) is 1. The highest BCUT2D eigenvalue weighted by molar-refractivity contribution is 6.30. The van der Waals surface area contributed by atoms with E-state index in [-0.39, 0.29) is 36.3 Å². The average Bonchev–Trinajstić information content (AvgIpc) is 2.76. The normalized spacial score (nSPS) is 10.3. The summed E-state index contributed by atoms with van der Waals surface area (Å²) in [7, 11) is 0. The number of hydrogen-bond donors (Lipinski definition) is 3. The van der Waals surface area contributed by atoms with E-state index in [1.807, 2.05) is 0 Å². The monoisotopic (exact) mass is 451 g/mol. The Hall–Kier alpha value is -3.84. The van der Waals surface area contributed by atoms with Crippen LogP contribution in [0.1, 0.15) is 34.1 Å². The fourth-order valence-corrected chi connectivity index (χ4v) is 3.07. The van der Waals surface area contributed by atoms with E-state index in [2.05, 4.69) is 10.6 Å². The molecule has 164 valence electrons. The van der Waals surface area contributed by atoms with Gasteiger partial charge in [0.1, 0.15) is 5.75 Å². The van der Waals surface area contributed by atoms with E-state index in [0.29, 0.717) is 33.3 Å². The molecule has 0 aliphatic carbocycles. The number of rotatable bonds is 8. The third-order valence-electron chi connectivity index (χ3n) is 4.51. The number of nitrogen functional groups attached to an aromatic ring is 1. The lowest BCUT2D eigenvalue weighted by atomic mass is 10.1. The highest BCUT2D eigenvalue weighted by Gasteiger charge is 2.15. The SMILES string of the molecule is CC(=O)Nc1ccc(C(=O)NCCC(=O)c2cccc(Oc3ccc(Cl)cc3)c2N)cc1. The number of anilines is 2. The molecule has 32 heavy (non-hydrogen) atoms. The molecule has 0 saturated carbocycles. The van der Waals surface area contributed by atoms with E-state index in [9.17, 15) is 14.4 Å². The van der Waals surface area contributed by atoms with Gasteiger partial charge in [-0.15, -0.1) is 0 Å². The van der Waals surface area contributed by atoms with Gasteiger partial charge >= 0.3 is 0 Å². The van der Waals surface area contributed by atoms with Gasteiger partial charge in [-0.3, -0.25) is 14.4 Å². The number of hydrogen-bond acceptors (Lipinski definition) is 5. The molecule has 0 atom stereocenters. The molecule has 3 aromatic rings. The minimum atomic E-state index is -0.319. The zero-order valence-corrected chi connectivity index (χ0v) is 18.1. The Bertz CT molecular complexity index is 1130. The molecule has 3 aromatic carbocycles. The summed E-state index contributed by atoms with van der Waals surface area (Å²) in [4.78, 5) is 36.0. The summed E-state index contributed by atoms with van der Waals surface area (Å²) in [6.07, 6.45) is 0.0737. The minimum absolute atomic E-state index is 0.0737. The zero-order chi connectivity index (χ0) is 23.1. The van der Waals surface area contributed by atoms with E-state index < -0.39 is 0 Å². The molecular weight excluding hydrogens is 430 g/mol. The topological polar surface area (TPSA) is 111 Å². The van der Waals surface area contributed by atoms with Crippen molar-refractivity contribution in [2.75, 3.05) is 17.6 Å². The largest absolute Gasteiger partial charge is 0.455 e. The second-order valence-electron chi connectivity index (χ2n) is 6.96. The van der Waals surface area contributed by atoms with Crippen molar-refractivity contribution < 1.29 is 19.1 Å². The summed E-state index contributed by atoms with van der Waals surface area (Å²) in [6, 6.07) is 18.2. The Morgan fingerprint density at radius 1 is 0.969 bits per heavy atom. The van der Waals surface area contributed by atoms with Crippen molar-refractivity contribution in [1.82, 2.24) is 5.32 Å². The molecule has 2 amide bonds. The number of benzene rings is 3. The Morgan fingerprint density at radius 2 is 1.66 bits per heavy atom. The van der Waals surface area contributed by atoms with Gasteiger partial charge in [-0.1, -0.05) is 17.7 Å². The summed E-state index contributed by atoms with van der Waals surface area (Å²) in [5.74, 6) is 0.178. The van der Waals surface area contributed by atoms with Gasteiger partial charge in [0, 0.05) is 41.7 Å². The molecule has 0 radical (unpaired) electrons. The number of para-hydroxylation sites is 1. The van der Waals surface area contributed by atoms with Gasteiger partial charge < -0.3 is 21.1 Å². The highest BCUT2D eigenvalue weighted by Crippen LogP contribution is 2.31. The first kappa shape index (κ1) is 22.8. The van der Waals surface area contributed by atoms with Crippen LogP contribution in [0.3, 0.4) is 0 Å². The zero-order valence-electron chi connectivity index (χ0n) is 17.4. The predicted molar refractivity (Wildman–Crippen MR) is 124 cm³/mol. The lowest BCUT2D eigenvalue weighted by Gasteiger charge is -2.12. The highest BCUT2D eigenvalue weighted by atomic mass is 35.5. The van der Waals surface area contributed by atoms with Crippen LogP contribution in [0.4, 0.5) is 11.4 Å². The Morgan fingerprint density at radius 3 is 2.31 bits per heavy atom. The maximum atomic E-state index is 12.6. The molecule has 0 spiro atoms. The third-order valence-corrected chi connectivity index (χ3v) is 4.77. The lowest BCUT2D eigenvalue weighted by Crippen LogP contribution is -2.26. The Balaban J connectivity index is 1.57. The molecule has 0 aliphatic rings. The Kier molecular flexibility index (Phi) is 7.46. The number of nitrogens with two attached hydrogens (primary N) is 1. The van der Waals surface area contributed by atoms with Crippen LogP contribution >= 0.6 is 11.6 Å². The van der Waals surface area contributed by atoms with Crippen molar-refractivity contribution in [3.63, 3.8) is 0 Å². The van der Waals surface area contributed by atoms with E-state index in [1.54, 1.807) is 66.7 Å². The summed E-state index contributed by atoms with van der Waals surface area (Å²) in [5, 5.41) is 5.92. The van der Waals surface area contributed by atoms with E-state index in [0.717, 1.165) is 0 Å². The van der Waals surface area contributed by atoms with Crippen LogP contribution in [0.2, 0.25) is 5.02 Å². The molecule has 0 heterocycles. The van der Waals surface area contributed by atoms with Crippen molar-refractivity contribution in [3.05, 3.63) is 82.9 Å². The first-order valence-corrected chi connectivity index (χ1v) is 10.2. The maximum absolute atomic E-state index is 12.6. The third kappa shape index (κ3) is 6.09. The number of amides is 2. The first-order chi connectivity index (χ1) is 15.3. The van der Waals surface area contributed by atoms with Crippen LogP contribution in [0.25, 0.3) is 0 Å². The predicted octanol–water partition coefficient (Wildman–Crippen LogP) is 4.68. The number of ether oxygens (including phenoxy) is 1. The fraction of sp³-hybridized carbons (Fsp3) is 0.125. The summed E-state index contributed by atoms with van der Waals surface area (Å²) in [5.41, 5.74) is 7.72. The first-order valence-electron chi connectivity index (χ1n) is 9.84. The van der Waals surface area contributed by atoms with Crippen LogP contribution in [0, 0.1) is 0 Å². The second kappa shape index (κ2) is 10.5. The number of carbonyl (C=O) groups excluding carboxylic acids is 3. The molecule has 0 unspecified atom stereocenters. The van der Waals surface area contributed by atoms with Gasteiger partial charge in [-0.2, -0.15) is 0 Å². The van der Waals surface area contributed by atoms with Gasteiger partial charge in [0.25, 0.3) is 5.91 Å². The molecule has 0 aromatic heterocycles. The average molecular weight is 452 g/mol. The molecule has 0 aliphatic heterocycles. The number of carbonyl (C=O) groups is 3. The molecule has 0 saturated heterocycles. The number of halogens is 1. The van der Waals surface area contributed by atoms with Gasteiger partial charge in [0.15, 0.2) is 11.5 Å². The van der Waals surface area contributed by atoms with Crippen LogP contribution in [0.5, 0.6) is 11.5 Å². The van der Waals surface area contributed by atoms with Crippen LogP contribution in [0.15, 0.2) is 66.7 Å². The smallest absolute Gasteiger partial charge is 0.251 e. The van der Waals surface area contributed by atoms with E-state index in [4.69, 9.17) is 22.1 Å². The van der Waals surface area contributed by atoms with Gasteiger partial charge in [0.05, 0.1) is 5.69 Å². The molecular formula is C24H22ClN3O4.